The molecule has 4 heterocycles. The lowest BCUT2D eigenvalue weighted by molar-refractivity contribution is 0.877. The molecule has 0 aromatic carbocycles. The molecule has 1 aliphatic rings. The lowest BCUT2D eigenvalue weighted by Gasteiger charge is -2.07. The zero-order valence-corrected chi connectivity index (χ0v) is 14.2. The molecule has 7 nitrogen and oxygen atoms in total. The number of rotatable bonds is 4. The topological polar surface area (TPSA) is 83.8 Å². The first-order valence-electron chi connectivity index (χ1n) is 8.64. The second-order valence-corrected chi connectivity index (χ2v) is 6.91. The highest BCUT2D eigenvalue weighted by atomic mass is 15.2. The smallest absolute Gasteiger partial charge is 0.224 e. The van der Waals surface area contributed by atoms with E-state index in [-0.39, 0.29) is 0 Å². The van der Waals surface area contributed by atoms with Crippen LogP contribution in [0.2, 0.25) is 0 Å². The van der Waals surface area contributed by atoms with E-state index in [1.54, 1.807) is 0 Å². The lowest BCUT2D eigenvalue weighted by atomic mass is 10.1. The van der Waals surface area contributed by atoms with Crippen molar-refractivity contribution in [2.45, 2.75) is 38.6 Å². The van der Waals surface area contributed by atoms with Crippen LogP contribution in [0.25, 0.3) is 27.9 Å². The van der Waals surface area contributed by atoms with E-state index in [0.29, 0.717) is 17.9 Å². The summed E-state index contributed by atoms with van der Waals surface area (Å²) in [4.78, 5) is 17.1. The predicted octanol–water partition coefficient (Wildman–Crippen LogP) is 3.37. The van der Waals surface area contributed by atoms with Crippen LogP contribution in [-0.2, 0) is 0 Å². The van der Waals surface area contributed by atoms with Crippen LogP contribution >= 0.6 is 0 Å². The molecule has 0 atom stereocenters. The maximum absolute atomic E-state index is 4.87. The molecular formula is C18H19N7. The molecule has 126 valence electrons. The molecule has 0 radical (unpaired) electrons. The van der Waals surface area contributed by atoms with Crippen LogP contribution < -0.4 is 5.32 Å². The quantitative estimate of drug-likeness (QED) is 0.598. The van der Waals surface area contributed by atoms with Gasteiger partial charge in [-0.05, 0) is 38.7 Å². The van der Waals surface area contributed by atoms with E-state index in [9.17, 15) is 0 Å². The van der Waals surface area contributed by atoms with Crippen LogP contribution in [0.5, 0.6) is 0 Å². The summed E-state index contributed by atoms with van der Waals surface area (Å²) in [6.07, 6.45) is 10.2. The van der Waals surface area contributed by atoms with E-state index in [4.69, 9.17) is 4.98 Å². The Labute approximate surface area is 144 Å². The molecule has 0 unspecified atom stereocenters. The summed E-state index contributed by atoms with van der Waals surface area (Å²) in [6.45, 7) is 4.13. The molecule has 5 rings (SSSR count). The Hall–Kier alpha value is -2.96. The highest BCUT2D eigenvalue weighted by Crippen LogP contribution is 2.41. The maximum atomic E-state index is 4.87. The zero-order valence-electron chi connectivity index (χ0n) is 14.2. The Morgan fingerprint density at radius 1 is 1.24 bits per heavy atom. The Balaban J connectivity index is 1.60. The number of anilines is 1. The van der Waals surface area contributed by atoms with Crippen molar-refractivity contribution < 1.29 is 0 Å². The standard InChI is InChI=1S/C18H19N7/c1-10(2)22-18-20-8-14-13(7-19-16(14)24-18)15-5-6-25-17(23-15)12(9-21-25)11-3-4-11/h5-11H,3-4H2,1-2H3,(H2,19,20,22,24). The fourth-order valence-corrected chi connectivity index (χ4v) is 3.17. The van der Waals surface area contributed by atoms with Gasteiger partial charge in [0.25, 0.3) is 0 Å². The molecule has 0 spiro atoms. The van der Waals surface area contributed by atoms with Crippen LogP contribution in [0.1, 0.15) is 38.2 Å². The SMILES string of the molecule is CC(C)Nc1ncc2c(-c3ccn4ncc(C5CC5)c4n3)c[nH]c2n1. The first kappa shape index (κ1) is 14.4. The first-order valence-corrected chi connectivity index (χ1v) is 8.64. The van der Waals surface area contributed by atoms with E-state index in [0.717, 1.165) is 27.9 Å². The maximum Gasteiger partial charge on any atom is 0.224 e. The van der Waals surface area contributed by atoms with E-state index >= 15 is 0 Å². The van der Waals surface area contributed by atoms with Gasteiger partial charge in [0.05, 0.1) is 11.9 Å². The molecule has 4 aromatic heterocycles. The van der Waals surface area contributed by atoms with Gasteiger partial charge in [-0.15, -0.1) is 0 Å². The molecule has 0 bridgehead atoms. The number of hydrogen-bond acceptors (Lipinski definition) is 5. The number of aromatic amines is 1. The summed E-state index contributed by atoms with van der Waals surface area (Å²) in [5.41, 5.74) is 4.94. The Bertz CT molecular complexity index is 1070. The van der Waals surface area contributed by atoms with Gasteiger partial charge in [-0.25, -0.2) is 14.5 Å². The fourth-order valence-electron chi connectivity index (χ4n) is 3.17. The summed E-state index contributed by atoms with van der Waals surface area (Å²) >= 11 is 0. The molecule has 25 heavy (non-hydrogen) atoms. The van der Waals surface area contributed by atoms with Crippen molar-refractivity contribution >= 4 is 22.6 Å². The van der Waals surface area contributed by atoms with Gasteiger partial charge < -0.3 is 10.3 Å². The average molecular weight is 333 g/mol. The second-order valence-electron chi connectivity index (χ2n) is 6.91. The molecule has 0 saturated heterocycles. The van der Waals surface area contributed by atoms with Crippen LogP contribution in [-0.4, -0.2) is 35.6 Å². The normalized spacial score (nSPS) is 14.7. The van der Waals surface area contributed by atoms with Gasteiger partial charge >= 0.3 is 0 Å². The van der Waals surface area contributed by atoms with Crippen LogP contribution in [0.3, 0.4) is 0 Å². The Kier molecular flexibility index (Phi) is 3.03. The van der Waals surface area contributed by atoms with Crippen molar-refractivity contribution in [1.29, 1.82) is 0 Å². The molecule has 0 aliphatic heterocycles. The fraction of sp³-hybridized carbons (Fsp3) is 0.333. The van der Waals surface area contributed by atoms with E-state index in [1.807, 2.05) is 35.4 Å². The molecule has 4 aromatic rings. The van der Waals surface area contributed by atoms with Crippen LogP contribution in [0, 0.1) is 0 Å². The zero-order chi connectivity index (χ0) is 17.0. The molecule has 7 heteroatoms. The third-order valence-corrected chi connectivity index (χ3v) is 4.54. The van der Waals surface area contributed by atoms with Crippen molar-refractivity contribution in [3.05, 3.63) is 36.4 Å². The Morgan fingerprint density at radius 2 is 2.12 bits per heavy atom. The van der Waals surface area contributed by atoms with Crippen molar-refractivity contribution in [2.75, 3.05) is 5.32 Å². The average Bonchev–Trinajstić information content (AvgIpc) is 3.21. The van der Waals surface area contributed by atoms with Crippen LogP contribution in [0.15, 0.2) is 30.9 Å². The van der Waals surface area contributed by atoms with E-state index in [1.165, 1.54) is 18.4 Å². The van der Waals surface area contributed by atoms with Gasteiger partial charge in [0.15, 0.2) is 5.65 Å². The molecule has 1 aliphatic carbocycles. The summed E-state index contributed by atoms with van der Waals surface area (Å²) in [5, 5.41) is 8.61. The summed E-state index contributed by atoms with van der Waals surface area (Å²) in [7, 11) is 0. The Morgan fingerprint density at radius 3 is 2.92 bits per heavy atom. The highest BCUT2D eigenvalue weighted by Gasteiger charge is 2.27. The van der Waals surface area contributed by atoms with Crippen molar-refractivity contribution in [3.8, 4) is 11.3 Å². The third kappa shape index (κ3) is 2.43. The number of nitrogens with zero attached hydrogens (tertiary/aromatic N) is 5. The van der Waals surface area contributed by atoms with Gasteiger partial charge in [0.1, 0.15) is 5.65 Å². The van der Waals surface area contributed by atoms with Gasteiger partial charge in [-0.3, -0.25) is 0 Å². The minimum Gasteiger partial charge on any atom is -0.352 e. The van der Waals surface area contributed by atoms with Crippen molar-refractivity contribution in [3.63, 3.8) is 0 Å². The molecule has 1 saturated carbocycles. The summed E-state index contributed by atoms with van der Waals surface area (Å²) < 4.78 is 1.85. The highest BCUT2D eigenvalue weighted by molar-refractivity contribution is 5.92. The summed E-state index contributed by atoms with van der Waals surface area (Å²) in [5.74, 6) is 1.25. The number of aromatic nitrogens is 6. The number of nitrogens with one attached hydrogen (secondary N) is 2. The third-order valence-electron chi connectivity index (χ3n) is 4.54. The minimum atomic E-state index is 0.290. The number of fused-ring (bicyclic) bond motifs is 2. The molecule has 2 N–H and O–H groups in total. The number of hydrogen-bond donors (Lipinski definition) is 2. The molecule has 0 amide bonds. The van der Waals surface area contributed by atoms with Crippen molar-refractivity contribution in [1.82, 2.24) is 29.5 Å². The van der Waals surface area contributed by atoms with Gasteiger partial charge in [-0.2, -0.15) is 10.1 Å². The molecular weight excluding hydrogens is 314 g/mol. The minimum absolute atomic E-state index is 0.290. The van der Waals surface area contributed by atoms with Gasteiger partial charge in [-0.1, -0.05) is 0 Å². The van der Waals surface area contributed by atoms with E-state index < -0.39 is 0 Å². The lowest BCUT2D eigenvalue weighted by Crippen LogP contribution is -2.12. The van der Waals surface area contributed by atoms with Gasteiger partial charge in [0, 0.05) is 41.1 Å². The predicted molar refractivity (Wildman–Crippen MR) is 96.6 cm³/mol. The largest absolute Gasteiger partial charge is 0.352 e. The van der Waals surface area contributed by atoms with Gasteiger partial charge in [0.2, 0.25) is 5.95 Å². The second kappa shape index (κ2) is 5.27. The summed E-state index contributed by atoms with van der Waals surface area (Å²) in [6, 6.07) is 2.28. The monoisotopic (exact) mass is 333 g/mol. The van der Waals surface area contributed by atoms with Crippen molar-refractivity contribution in [2.24, 2.45) is 0 Å². The van der Waals surface area contributed by atoms with E-state index in [2.05, 4.69) is 39.2 Å². The van der Waals surface area contributed by atoms with Crippen LogP contribution in [0.4, 0.5) is 5.95 Å². The first-order chi connectivity index (χ1) is 12.2. The molecule has 1 fully saturated rings. The number of H-pyrrole nitrogens is 1.